The fourth-order valence-corrected chi connectivity index (χ4v) is 3.11. The van der Waals surface area contributed by atoms with Crippen LogP contribution < -0.4 is 4.72 Å². The molecule has 0 spiro atoms. The van der Waals surface area contributed by atoms with Crippen molar-refractivity contribution in [3.05, 3.63) is 29.8 Å². The van der Waals surface area contributed by atoms with Crippen LogP contribution in [0.5, 0.6) is 0 Å². The Kier molecular flexibility index (Phi) is 5.15. The number of hydrogen-bond donors (Lipinski definition) is 2. The van der Waals surface area contributed by atoms with Crippen LogP contribution in [0, 0.1) is 11.8 Å². The normalized spacial score (nSPS) is 18.6. The summed E-state index contributed by atoms with van der Waals surface area (Å²) in [5.74, 6) is 5.64. The van der Waals surface area contributed by atoms with Gasteiger partial charge in [0.1, 0.15) is 0 Å². The maximum Gasteiger partial charge on any atom is 0.240 e. The molecule has 0 aromatic heterocycles. The summed E-state index contributed by atoms with van der Waals surface area (Å²) in [5, 5.41) is 8.63. The van der Waals surface area contributed by atoms with E-state index < -0.39 is 10.0 Å². The fourth-order valence-electron chi connectivity index (χ4n) is 1.85. The molecule has 1 heterocycles. The maximum atomic E-state index is 12.1. The van der Waals surface area contributed by atoms with Crippen molar-refractivity contribution >= 4 is 10.0 Å². The lowest BCUT2D eigenvalue weighted by Gasteiger charge is -2.11. The first kappa shape index (κ1) is 15.0. The SMILES string of the molecule is O=S(=O)(NC1CCOC1)c1ccc(C#CCCO)cc1. The van der Waals surface area contributed by atoms with E-state index in [1.54, 1.807) is 12.1 Å². The third-order valence-electron chi connectivity index (χ3n) is 2.89. The Hall–Kier alpha value is -1.39. The summed E-state index contributed by atoms with van der Waals surface area (Å²) in [6.45, 7) is 1.03. The maximum absolute atomic E-state index is 12.1. The molecule has 5 nitrogen and oxygen atoms in total. The van der Waals surface area contributed by atoms with Gasteiger partial charge in [-0.1, -0.05) is 11.8 Å². The van der Waals surface area contributed by atoms with Gasteiger partial charge in [0.25, 0.3) is 0 Å². The molecule has 0 radical (unpaired) electrons. The molecule has 1 unspecified atom stereocenters. The fraction of sp³-hybridized carbons (Fsp3) is 0.429. The average Bonchev–Trinajstić information content (AvgIpc) is 2.92. The van der Waals surface area contributed by atoms with E-state index in [0.717, 1.165) is 5.56 Å². The van der Waals surface area contributed by atoms with Crippen molar-refractivity contribution in [2.24, 2.45) is 0 Å². The van der Waals surface area contributed by atoms with Gasteiger partial charge >= 0.3 is 0 Å². The summed E-state index contributed by atoms with van der Waals surface area (Å²) in [6, 6.07) is 6.22. The Morgan fingerprint density at radius 1 is 1.35 bits per heavy atom. The van der Waals surface area contributed by atoms with Gasteiger partial charge in [0.15, 0.2) is 0 Å². The molecule has 1 saturated heterocycles. The molecule has 1 atom stereocenters. The highest BCUT2D eigenvalue weighted by atomic mass is 32.2. The zero-order valence-corrected chi connectivity index (χ0v) is 11.8. The van der Waals surface area contributed by atoms with E-state index in [1.807, 2.05) is 0 Å². The molecular weight excluding hydrogens is 278 g/mol. The van der Waals surface area contributed by atoms with Crippen LogP contribution in [0.4, 0.5) is 0 Å². The smallest absolute Gasteiger partial charge is 0.240 e. The Labute approximate surface area is 119 Å². The number of hydrogen-bond acceptors (Lipinski definition) is 4. The molecule has 108 valence electrons. The number of benzene rings is 1. The molecule has 0 amide bonds. The van der Waals surface area contributed by atoms with Gasteiger partial charge in [-0.15, -0.1) is 0 Å². The average molecular weight is 295 g/mol. The van der Waals surface area contributed by atoms with E-state index in [-0.39, 0.29) is 17.5 Å². The topological polar surface area (TPSA) is 75.6 Å². The van der Waals surface area contributed by atoms with Gasteiger partial charge in [0.2, 0.25) is 10.0 Å². The second kappa shape index (κ2) is 6.86. The Morgan fingerprint density at radius 3 is 2.70 bits per heavy atom. The van der Waals surface area contributed by atoms with Gasteiger partial charge in [-0.25, -0.2) is 13.1 Å². The Bertz CT molecular complexity index is 592. The summed E-state index contributed by atoms with van der Waals surface area (Å²) >= 11 is 0. The van der Waals surface area contributed by atoms with Crippen molar-refractivity contribution in [1.29, 1.82) is 0 Å². The number of aliphatic hydroxyl groups is 1. The summed E-state index contributed by atoms with van der Waals surface area (Å²) < 4.78 is 32.0. The summed E-state index contributed by atoms with van der Waals surface area (Å²) in [7, 11) is -3.50. The Morgan fingerprint density at radius 2 is 2.10 bits per heavy atom. The van der Waals surface area contributed by atoms with Crippen molar-refractivity contribution in [2.75, 3.05) is 19.8 Å². The molecule has 2 rings (SSSR count). The second-order valence-electron chi connectivity index (χ2n) is 4.48. The predicted molar refractivity (Wildman–Crippen MR) is 74.6 cm³/mol. The highest BCUT2D eigenvalue weighted by Gasteiger charge is 2.23. The third kappa shape index (κ3) is 4.05. The van der Waals surface area contributed by atoms with E-state index in [0.29, 0.717) is 26.1 Å². The van der Waals surface area contributed by atoms with Gasteiger partial charge in [0.05, 0.1) is 18.1 Å². The molecule has 1 fully saturated rings. The van der Waals surface area contributed by atoms with Crippen molar-refractivity contribution in [2.45, 2.75) is 23.8 Å². The lowest BCUT2D eigenvalue weighted by Crippen LogP contribution is -2.34. The highest BCUT2D eigenvalue weighted by molar-refractivity contribution is 7.89. The van der Waals surface area contributed by atoms with Crippen LogP contribution in [-0.2, 0) is 14.8 Å². The van der Waals surface area contributed by atoms with E-state index in [4.69, 9.17) is 9.84 Å². The number of aliphatic hydroxyl groups excluding tert-OH is 1. The highest BCUT2D eigenvalue weighted by Crippen LogP contribution is 2.13. The number of ether oxygens (including phenoxy) is 1. The molecule has 1 aliphatic rings. The zero-order chi connectivity index (χ0) is 14.4. The number of nitrogens with one attached hydrogen (secondary N) is 1. The van der Waals surface area contributed by atoms with Crippen molar-refractivity contribution in [1.82, 2.24) is 4.72 Å². The number of rotatable bonds is 4. The standard InChI is InChI=1S/C14H17NO4S/c16-9-2-1-3-12-4-6-14(7-5-12)20(17,18)15-13-8-10-19-11-13/h4-7,13,15-16H,2,8-11H2. The van der Waals surface area contributed by atoms with Crippen LogP contribution in [0.2, 0.25) is 0 Å². The van der Waals surface area contributed by atoms with Crippen LogP contribution in [0.3, 0.4) is 0 Å². The summed E-state index contributed by atoms with van der Waals surface area (Å²) in [4.78, 5) is 0.220. The summed E-state index contributed by atoms with van der Waals surface area (Å²) in [5.41, 5.74) is 0.724. The third-order valence-corrected chi connectivity index (χ3v) is 4.42. The van der Waals surface area contributed by atoms with E-state index in [2.05, 4.69) is 16.6 Å². The molecule has 0 aliphatic carbocycles. The predicted octanol–water partition coefficient (Wildman–Crippen LogP) is 0.488. The first-order chi connectivity index (χ1) is 9.62. The molecule has 1 aromatic rings. The largest absolute Gasteiger partial charge is 0.395 e. The molecular formula is C14H17NO4S. The van der Waals surface area contributed by atoms with Gasteiger partial charge < -0.3 is 9.84 Å². The van der Waals surface area contributed by atoms with Crippen LogP contribution in [0.1, 0.15) is 18.4 Å². The lowest BCUT2D eigenvalue weighted by molar-refractivity contribution is 0.192. The van der Waals surface area contributed by atoms with Crippen LogP contribution in [-0.4, -0.2) is 39.4 Å². The monoisotopic (exact) mass is 295 g/mol. The van der Waals surface area contributed by atoms with E-state index in [9.17, 15) is 8.42 Å². The minimum Gasteiger partial charge on any atom is -0.395 e. The first-order valence-electron chi connectivity index (χ1n) is 6.42. The van der Waals surface area contributed by atoms with E-state index in [1.165, 1.54) is 12.1 Å². The molecule has 1 aromatic carbocycles. The quantitative estimate of drug-likeness (QED) is 0.793. The van der Waals surface area contributed by atoms with Crippen molar-refractivity contribution in [3.63, 3.8) is 0 Å². The van der Waals surface area contributed by atoms with E-state index >= 15 is 0 Å². The molecule has 0 saturated carbocycles. The molecule has 1 aliphatic heterocycles. The van der Waals surface area contributed by atoms with Crippen molar-refractivity contribution in [3.8, 4) is 11.8 Å². The van der Waals surface area contributed by atoms with Crippen molar-refractivity contribution < 1.29 is 18.3 Å². The van der Waals surface area contributed by atoms with Crippen LogP contribution in [0.15, 0.2) is 29.2 Å². The minimum absolute atomic E-state index is 0.0207. The number of sulfonamides is 1. The molecule has 2 N–H and O–H groups in total. The molecule has 0 bridgehead atoms. The zero-order valence-electron chi connectivity index (χ0n) is 11.0. The Balaban J connectivity index is 2.06. The van der Waals surface area contributed by atoms with Gasteiger partial charge in [-0.2, -0.15) is 0 Å². The lowest BCUT2D eigenvalue weighted by atomic mass is 10.2. The van der Waals surface area contributed by atoms with Gasteiger partial charge in [0, 0.05) is 24.6 Å². The minimum atomic E-state index is -3.50. The van der Waals surface area contributed by atoms with Crippen LogP contribution >= 0.6 is 0 Å². The first-order valence-corrected chi connectivity index (χ1v) is 7.90. The van der Waals surface area contributed by atoms with Crippen LogP contribution in [0.25, 0.3) is 0 Å². The second-order valence-corrected chi connectivity index (χ2v) is 6.20. The molecule has 20 heavy (non-hydrogen) atoms. The van der Waals surface area contributed by atoms with Gasteiger partial charge in [-0.3, -0.25) is 0 Å². The summed E-state index contributed by atoms with van der Waals surface area (Å²) in [6.07, 6.45) is 1.10. The molecule has 6 heteroatoms. The van der Waals surface area contributed by atoms with Gasteiger partial charge in [-0.05, 0) is 30.7 Å².